The molecule has 27 heavy (non-hydrogen) atoms. The number of benzene rings is 1. The second-order valence-electron chi connectivity index (χ2n) is 6.74. The van der Waals surface area contributed by atoms with Crippen LogP contribution in [0.3, 0.4) is 0 Å². The van der Waals surface area contributed by atoms with Crippen molar-refractivity contribution in [2.24, 2.45) is 0 Å². The number of thiazole rings is 1. The molecule has 0 unspecified atom stereocenters. The Balaban J connectivity index is 1.57. The van der Waals surface area contributed by atoms with Gasteiger partial charge in [0.2, 0.25) is 0 Å². The number of aryl methyl sites for hydroxylation is 1. The summed E-state index contributed by atoms with van der Waals surface area (Å²) in [6.45, 7) is 6.19. The summed E-state index contributed by atoms with van der Waals surface area (Å²) in [5.41, 5.74) is 5.18. The number of aromatic nitrogens is 3. The molecule has 0 radical (unpaired) electrons. The molecule has 0 aliphatic carbocycles. The van der Waals surface area contributed by atoms with Crippen molar-refractivity contribution in [3.8, 4) is 11.3 Å². The van der Waals surface area contributed by atoms with E-state index in [0.717, 1.165) is 16.9 Å². The normalized spacial score (nSPS) is 11.3. The summed E-state index contributed by atoms with van der Waals surface area (Å²) in [6.07, 6.45) is 1.84. The largest absolute Gasteiger partial charge is 0.296 e. The molecule has 6 heteroatoms. The van der Waals surface area contributed by atoms with E-state index in [-0.39, 0.29) is 5.91 Å². The van der Waals surface area contributed by atoms with Crippen LogP contribution in [-0.4, -0.2) is 20.3 Å². The Morgan fingerprint density at radius 2 is 1.89 bits per heavy atom. The van der Waals surface area contributed by atoms with Crippen LogP contribution in [0.2, 0.25) is 0 Å². The summed E-state index contributed by atoms with van der Waals surface area (Å²) in [7, 11) is 0. The van der Waals surface area contributed by atoms with E-state index < -0.39 is 0 Å². The van der Waals surface area contributed by atoms with Gasteiger partial charge in [-0.25, -0.2) is 9.97 Å². The highest BCUT2D eigenvalue weighted by Gasteiger charge is 2.17. The monoisotopic (exact) mass is 376 g/mol. The number of amides is 1. The maximum Gasteiger partial charge on any atom is 0.276 e. The zero-order valence-corrected chi connectivity index (χ0v) is 16.2. The van der Waals surface area contributed by atoms with Gasteiger partial charge < -0.3 is 0 Å². The summed E-state index contributed by atoms with van der Waals surface area (Å²) < 4.78 is 1.80. The second-order valence-corrected chi connectivity index (χ2v) is 7.60. The number of pyridine rings is 1. The molecule has 0 atom stereocenters. The van der Waals surface area contributed by atoms with Gasteiger partial charge in [0, 0.05) is 17.1 Å². The van der Waals surface area contributed by atoms with Gasteiger partial charge in [-0.05, 0) is 30.5 Å². The molecule has 1 aromatic carbocycles. The predicted molar refractivity (Wildman–Crippen MR) is 110 cm³/mol. The van der Waals surface area contributed by atoms with E-state index in [2.05, 4.69) is 53.4 Å². The lowest BCUT2D eigenvalue weighted by Gasteiger charge is -2.05. The molecule has 0 spiro atoms. The van der Waals surface area contributed by atoms with Crippen molar-refractivity contribution in [3.05, 3.63) is 71.0 Å². The fourth-order valence-electron chi connectivity index (χ4n) is 3.05. The van der Waals surface area contributed by atoms with Crippen LogP contribution in [0.1, 0.15) is 41.5 Å². The quantitative estimate of drug-likeness (QED) is 0.536. The van der Waals surface area contributed by atoms with E-state index in [9.17, 15) is 4.79 Å². The van der Waals surface area contributed by atoms with Crippen molar-refractivity contribution in [3.63, 3.8) is 0 Å². The molecular weight excluding hydrogens is 356 g/mol. The number of imidazole rings is 1. The lowest BCUT2D eigenvalue weighted by molar-refractivity contribution is 0.102. The maximum atomic E-state index is 12.8. The summed E-state index contributed by atoms with van der Waals surface area (Å²) >= 11 is 1.42. The Bertz CT molecular complexity index is 1110. The zero-order chi connectivity index (χ0) is 19.0. The molecule has 3 aromatic heterocycles. The first kappa shape index (κ1) is 17.4. The van der Waals surface area contributed by atoms with Crippen molar-refractivity contribution >= 4 is 28.0 Å². The molecule has 1 N–H and O–H groups in total. The highest BCUT2D eigenvalue weighted by Crippen LogP contribution is 2.27. The van der Waals surface area contributed by atoms with Crippen LogP contribution in [-0.2, 0) is 0 Å². The standard InChI is InChI=1S/C21H20N4OS/c1-13(2)15-7-9-16(10-8-15)17-12-27-21(23-17)24-20(26)19-14(3)22-18-6-4-5-11-25(18)19/h4-13H,1-3H3,(H,23,24,26). The molecule has 136 valence electrons. The van der Waals surface area contributed by atoms with Crippen LogP contribution >= 0.6 is 11.3 Å². The summed E-state index contributed by atoms with van der Waals surface area (Å²) in [6, 6.07) is 14.1. The molecule has 0 saturated carbocycles. The second kappa shape index (κ2) is 6.96. The first-order valence-corrected chi connectivity index (χ1v) is 9.72. The van der Waals surface area contributed by atoms with Crippen LogP contribution in [0, 0.1) is 6.92 Å². The van der Waals surface area contributed by atoms with Crippen molar-refractivity contribution < 1.29 is 4.79 Å². The van der Waals surface area contributed by atoms with E-state index in [1.165, 1.54) is 16.9 Å². The molecule has 4 aromatic rings. The summed E-state index contributed by atoms with van der Waals surface area (Å²) in [5.74, 6) is 0.292. The Morgan fingerprint density at radius 1 is 1.11 bits per heavy atom. The number of fused-ring (bicyclic) bond motifs is 1. The summed E-state index contributed by atoms with van der Waals surface area (Å²) in [4.78, 5) is 21.8. The lowest BCUT2D eigenvalue weighted by atomic mass is 10.0. The van der Waals surface area contributed by atoms with E-state index in [4.69, 9.17) is 0 Å². The first-order chi connectivity index (χ1) is 13.0. The molecule has 4 rings (SSSR count). The predicted octanol–water partition coefficient (Wildman–Crippen LogP) is 5.14. The van der Waals surface area contributed by atoms with Crippen LogP contribution in [0.4, 0.5) is 5.13 Å². The average Bonchev–Trinajstić information content (AvgIpc) is 3.25. The van der Waals surface area contributed by atoms with Crippen LogP contribution < -0.4 is 5.32 Å². The van der Waals surface area contributed by atoms with Gasteiger partial charge in [0.15, 0.2) is 5.13 Å². The third kappa shape index (κ3) is 3.36. The molecule has 3 heterocycles. The maximum absolute atomic E-state index is 12.8. The molecular formula is C21H20N4OS. The number of anilines is 1. The minimum atomic E-state index is -0.206. The summed E-state index contributed by atoms with van der Waals surface area (Å²) in [5, 5.41) is 5.44. The fourth-order valence-corrected chi connectivity index (χ4v) is 3.76. The van der Waals surface area contributed by atoms with Crippen molar-refractivity contribution in [1.82, 2.24) is 14.4 Å². The van der Waals surface area contributed by atoms with Gasteiger partial charge in [-0.1, -0.05) is 44.2 Å². The van der Waals surface area contributed by atoms with Crippen molar-refractivity contribution in [2.45, 2.75) is 26.7 Å². The van der Waals surface area contributed by atoms with Gasteiger partial charge in [0.05, 0.1) is 11.4 Å². The molecule has 0 aliphatic heterocycles. The number of rotatable bonds is 4. The Hall–Kier alpha value is -2.99. The van der Waals surface area contributed by atoms with Crippen LogP contribution in [0.5, 0.6) is 0 Å². The minimum Gasteiger partial charge on any atom is -0.296 e. The van der Waals surface area contributed by atoms with Gasteiger partial charge in [0.25, 0.3) is 5.91 Å². The fraction of sp³-hybridized carbons (Fsp3) is 0.190. The molecule has 0 saturated heterocycles. The molecule has 0 bridgehead atoms. The van der Waals surface area contributed by atoms with Gasteiger partial charge >= 0.3 is 0 Å². The van der Waals surface area contributed by atoms with E-state index in [0.29, 0.717) is 22.4 Å². The number of carbonyl (C=O) groups excluding carboxylic acids is 1. The third-order valence-corrected chi connectivity index (χ3v) is 5.27. The SMILES string of the molecule is Cc1nc2ccccn2c1C(=O)Nc1nc(-c2ccc(C(C)C)cc2)cs1. The van der Waals surface area contributed by atoms with Crippen molar-refractivity contribution in [1.29, 1.82) is 0 Å². The molecule has 0 aliphatic rings. The lowest BCUT2D eigenvalue weighted by Crippen LogP contribution is -2.15. The van der Waals surface area contributed by atoms with Gasteiger partial charge in [-0.15, -0.1) is 11.3 Å². The number of carbonyl (C=O) groups is 1. The Kier molecular flexibility index (Phi) is 4.49. The highest BCUT2D eigenvalue weighted by molar-refractivity contribution is 7.14. The smallest absolute Gasteiger partial charge is 0.276 e. The van der Waals surface area contributed by atoms with E-state index >= 15 is 0 Å². The Morgan fingerprint density at radius 3 is 2.63 bits per heavy atom. The molecule has 5 nitrogen and oxygen atoms in total. The van der Waals surface area contributed by atoms with E-state index in [1.807, 2.05) is 36.7 Å². The first-order valence-electron chi connectivity index (χ1n) is 8.84. The number of nitrogens with zero attached hydrogens (tertiary/aromatic N) is 3. The van der Waals surface area contributed by atoms with E-state index in [1.54, 1.807) is 4.40 Å². The zero-order valence-electron chi connectivity index (χ0n) is 15.4. The van der Waals surface area contributed by atoms with Crippen molar-refractivity contribution in [2.75, 3.05) is 5.32 Å². The highest BCUT2D eigenvalue weighted by atomic mass is 32.1. The Labute approximate surface area is 161 Å². The number of hydrogen-bond donors (Lipinski definition) is 1. The number of hydrogen-bond acceptors (Lipinski definition) is 4. The van der Waals surface area contributed by atoms with Gasteiger partial charge in [-0.3, -0.25) is 14.5 Å². The third-order valence-electron chi connectivity index (χ3n) is 4.52. The molecule has 1 amide bonds. The van der Waals surface area contributed by atoms with Crippen LogP contribution in [0.25, 0.3) is 16.9 Å². The minimum absolute atomic E-state index is 0.206. The topological polar surface area (TPSA) is 59.3 Å². The van der Waals surface area contributed by atoms with Crippen LogP contribution in [0.15, 0.2) is 54.0 Å². The van der Waals surface area contributed by atoms with Gasteiger partial charge in [0.1, 0.15) is 11.3 Å². The van der Waals surface area contributed by atoms with Gasteiger partial charge in [-0.2, -0.15) is 0 Å². The number of nitrogens with one attached hydrogen (secondary N) is 1. The molecule has 0 fully saturated rings. The average molecular weight is 376 g/mol.